The zero-order valence-electron chi connectivity index (χ0n) is 14.3. The van der Waals surface area contributed by atoms with Gasteiger partial charge in [0.1, 0.15) is 0 Å². The van der Waals surface area contributed by atoms with Gasteiger partial charge in [0.15, 0.2) is 8.07 Å². The highest BCUT2D eigenvalue weighted by Crippen LogP contribution is 2.22. The molecule has 3 aromatic carbocycles. The van der Waals surface area contributed by atoms with Crippen molar-refractivity contribution in [3.8, 4) is 0 Å². The summed E-state index contributed by atoms with van der Waals surface area (Å²) in [5, 5.41) is 4.44. The Hall–Kier alpha value is -2.64. The van der Waals surface area contributed by atoms with Gasteiger partial charge < -0.3 is 0 Å². The lowest BCUT2D eigenvalue weighted by atomic mass is 10.3. The molecule has 0 radical (unpaired) electrons. The molecule has 0 aliphatic heterocycles. The maximum atomic E-state index is 2.39. The highest BCUT2D eigenvalue weighted by atomic mass is 28.3. The molecule has 25 heavy (non-hydrogen) atoms. The highest BCUT2D eigenvalue weighted by Gasteiger charge is 2.39. The molecule has 0 spiro atoms. The topological polar surface area (TPSA) is 0 Å². The minimum Gasteiger partial charge on any atom is -0.0805 e. The number of hydrogen-bond donors (Lipinski definition) is 0. The lowest BCUT2D eigenvalue weighted by Crippen LogP contribution is -2.67. The van der Waals surface area contributed by atoms with Crippen LogP contribution < -0.4 is 15.6 Å². The molecule has 0 nitrogen and oxygen atoms in total. The molecule has 0 bridgehead atoms. The zero-order chi connectivity index (χ0) is 17.0. The summed E-state index contributed by atoms with van der Waals surface area (Å²) in [7, 11) is -2.11. The zero-order valence-corrected chi connectivity index (χ0v) is 15.3. The second kappa shape index (κ2) is 7.08. The molecular weight excluding hydrogens is 316 g/mol. The molecule has 4 rings (SSSR count). The summed E-state index contributed by atoms with van der Waals surface area (Å²) in [4.78, 5) is 0. The molecule has 0 atom stereocenters. The molecule has 0 fully saturated rings. The first kappa shape index (κ1) is 15.9. The maximum Gasteiger partial charge on any atom is 0.152 e. The van der Waals surface area contributed by atoms with Gasteiger partial charge in [0.25, 0.3) is 0 Å². The van der Waals surface area contributed by atoms with E-state index in [-0.39, 0.29) is 0 Å². The second-order valence-corrected chi connectivity index (χ2v) is 10.5. The average molecular weight is 339 g/mol. The van der Waals surface area contributed by atoms with Gasteiger partial charge in [-0.1, -0.05) is 115 Å². The van der Waals surface area contributed by atoms with Crippen molar-refractivity contribution in [2.24, 2.45) is 0 Å². The van der Waals surface area contributed by atoms with Crippen LogP contribution >= 0.6 is 0 Å². The van der Waals surface area contributed by atoms with Crippen LogP contribution in [0.5, 0.6) is 0 Å². The molecule has 1 aliphatic carbocycles. The van der Waals surface area contributed by atoms with E-state index < -0.39 is 8.07 Å². The predicted molar refractivity (Wildman–Crippen MR) is 111 cm³/mol. The fourth-order valence-corrected chi connectivity index (χ4v) is 8.69. The summed E-state index contributed by atoms with van der Waals surface area (Å²) >= 11 is 0. The van der Waals surface area contributed by atoms with Crippen LogP contribution in [0.2, 0.25) is 6.04 Å². The fraction of sp³-hybridized carbons (Fsp3) is 0.0833. The normalized spacial score (nSPS) is 13.7. The predicted octanol–water partition coefficient (Wildman–Crippen LogP) is 4.04. The lowest BCUT2D eigenvalue weighted by molar-refractivity contribution is 1.40. The molecule has 0 saturated heterocycles. The Morgan fingerprint density at radius 2 is 1.04 bits per heavy atom. The molecule has 0 aromatic heterocycles. The Morgan fingerprint density at radius 1 is 0.600 bits per heavy atom. The minimum absolute atomic E-state index is 1.07. The molecule has 0 heterocycles. The largest absolute Gasteiger partial charge is 0.152 e. The summed E-state index contributed by atoms with van der Waals surface area (Å²) < 4.78 is 0. The molecular formula is C24H22Si. The van der Waals surface area contributed by atoms with E-state index in [9.17, 15) is 0 Å². The van der Waals surface area contributed by atoms with Crippen molar-refractivity contribution >= 4 is 23.6 Å². The third kappa shape index (κ3) is 3.03. The molecule has 3 aromatic rings. The van der Waals surface area contributed by atoms with Gasteiger partial charge in [0.05, 0.1) is 0 Å². The van der Waals surface area contributed by atoms with Gasteiger partial charge in [-0.25, -0.2) is 0 Å². The Balaban J connectivity index is 1.99. The first-order valence-electron chi connectivity index (χ1n) is 8.92. The van der Waals surface area contributed by atoms with Crippen molar-refractivity contribution in [2.45, 2.75) is 12.5 Å². The van der Waals surface area contributed by atoms with E-state index in [1.165, 1.54) is 21.1 Å². The number of benzene rings is 3. The van der Waals surface area contributed by atoms with Crippen LogP contribution in [-0.4, -0.2) is 8.07 Å². The van der Waals surface area contributed by atoms with Crippen LogP contribution in [0.4, 0.5) is 0 Å². The molecule has 0 unspecified atom stereocenters. The van der Waals surface area contributed by atoms with Crippen LogP contribution in [0.15, 0.2) is 115 Å². The van der Waals surface area contributed by atoms with Gasteiger partial charge in [-0.15, -0.1) is 0 Å². The van der Waals surface area contributed by atoms with Crippen LogP contribution in [-0.2, 0) is 0 Å². The summed E-state index contributed by atoms with van der Waals surface area (Å²) in [5.41, 5.74) is 1.48. The standard InChI is InChI=1S/C24H22Si/c1-4-14-22(15-5-1)25(20-21-12-10-11-13-21,23-16-6-2-7-17-23)24-18-8-3-9-19-24/h1-10,12-19H,11,20H2. The summed E-state index contributed by atoms with van der Waals surface area (Å²) in [5.74, 6) is 0. The quantitative estimate of drug-likeness (QED) is 0.486. The van der Waals surface area contributed by atoms with Crippen LogP contribution in [0.25, 0.3) is 0 Å². The average Bonchev–Trinajstić information content (AvgIpc) is 3.21. The van der Waals surface area contributed by atoms with E-state index >= 15 is 0 Å². The molecule has 1 heteroatoms. The minimum atomic E-state index is -2.11. The van der Waals surface area contributed by atoms with Crippen molar-refractivity contribution in [3.63, 3.8) is 0 Å². The van der Waals surface area contributed by atoms with E-state index in [0.717, 1.165) is 12.5 Å². The number of allylic oxidation sites excluding steroid dienone is 4. The summed E-state index contributed by atoms with van der Waals surface area (Å²) in [6, 6.07) is 34.5. The Kier molecular flexibility index (Phi) is 4.49. The Morgan fingerprint density at radius 3 is 1.40 bits per heavy atom. The number of hydrogen-bond acceptors (Lipinski definition) is 0. The van der Waals surface area contributed by atoms with Crippen LogP contribution in [0.1, 0.15) is 6.42 Å². The second-order valence-electron chi connectivity index (χ2n) is 6.60. The monoisotopic (exact) mass is 338 g/mol. The number of rotatable bonds is 5. The smallest absolute Gasteiger partial charge is 0.0805 e. The Bertz CT molecular complexity index is 780. The fourth-order valence-electron chi connectivity index (χ4n) is 3.92. The third-order valence-electron chi connectivity index (χ3n) is 5.12. The molecule has 0 saturated carbocycles. The van der Waals surface area contributed by atoms with E-state index in [0.29, 0.717) is 0 Å². The first-order chi connectivity index (χ1) is 12.4. The van der Waals surface area contributed by atoms with E-state index in [1.807, 2.05) is 0 Å². The molecule has 0 N–H and O–H groups in total. The van der Waals surface area contributed by atoms with Gasteiger partial charge in [-0.3, -0.25) is 0 Å². The van der Waals surface area contributed by atoms with Crippen molar-refractivity contribution in [1.82, 2.24) is 0 Å². The van der Waals surface area contributed by atoms with Crippen molar-refractivity contribution < 1.29 is 0 Å². The summed E-state index contributed by atoms with van der Waals surface area (Å²) in [6.45, 7) is 0. The van der Waals surface area contributed by atoms with Gasteiger partial charge in [-0.05, 0) is 28.0 Å². The third-order valence-corrected chi connectivity index (χ3v) is 10.0. The van der Waals surface area contributed by atoms with Crippen LogP contribution in [0, 0.1) is 0 Å². The highest BCUT2D eigenvalue weighted by molar-refractivity contribution is 7.11. The van der Waals surface area contributed by atoms with Gasteiger partial charge in [0, 0.05) is 0 Å². The molecule has 1 aliphatic rings. The van der Waals surface area contributed by atoms with Crippen LogP contribution in [0.3, 0.4) is 0 Å². The molecule has 122 valence electrons. The maximum absolute atomic E-state index is 2.39. The lowest BCUT2D eigenvalue weighted by Gasteiger charge is -2.34. The van der Waals surface area contributed by atoms with E-state index in [2.05, 4.69) is 109 Å². The van der Waals surface area contributed by atoms with E-state index in [1.54, 1.807) is 0 Å². The van der Waals surface area contributed by atoms with E-state index in [4.69, 9.17) is 0 Å². The molecule has 0 amide bonds. The van der Waals surface area contributed by atoms with Crippen molar-refractivity contribution in [3.05, 3.63) is 115 Å². The first-order valence-corrected chi connectivity index (χ1v) is 11.1. The van der Waals surface area contributed by atoms with Crippen molar-refractivity contribution in [2.75, 3.05) is 0 Å². The SMILES string of the molecule is C1=CC(C[Si](c2ccccc2)(c2ccccc2)c2ccccc2)=CC1. The van der Waals surface area contributed by atoms with Gasteiger partial charge >= 0.3 is 0 Å². The Labute approximate surface area is 151 Å². The summed E-state index contributed by atoms with van der Waals surface area (Å²) in [6.07, 6.45) is 8.04. The van der Waals surface area contributed by atoms with Crippen molar-refractivity contribution in [1.29, 1.82) is 0 Å². The van der Waals surface area contributed by atoms with Gasteiger partial charge in [-0.2, -0.15) is 0 Å². The van der Waals surface area contributed by atoms with Gasteiger partial charge in [0.2, 0.25) is 0 Å².